The van der Waals surface area contributed by atoms with E-state index in [0.717, 1.165) is 22.6 Å². The summed E-state index contributed by atoms with van der Waals surface area (Å²) in [4.78, 5) is 44.5. The molecule has 0 radical (unpaired) electrons. The van der Waals surface area contributed by atoms with Crippen molar-refractivity contribution in [2.45, 2.75) is 33.7 Å². The Bertz CT molecular complexity index is 1980. The molecule has 0 amide bonds. The first-order valence-corrected chi connectivity index (χ1v) is 14.7. The van der Waals surface area contributed by atoms with E-state index < -0.39 is 18.0 Å². The van der Waals surface area contributed by atoms with Crippen molar-refractivity contribution in [1.82, 2.24) is 9.13 Å². The van der Waals surface area contributed by atoms with Gasteiger partial charge in [-0.05, 0) is 87.9 Å². The molecule has 10 nitrogen and oxygen atoms in total. The first kappa shape index (κ1) is 30.6. The second-order valence-corrected chi connectivity index (χ2v) is 11.1. The fraction of sp³-hybridized carbons (Fsp3) is 0.273. The lowest BCUT2D eigenvalue weighted by molar-refractivity contribution is -0.139. The molecule has 1 atom stereocenters. The largest absolute Gasteiger partial charge is 0.497 e. The Morgan fingerprint density at radius 1 is 0.977 bits per heavy atom. The van der Waals surface area contributed by atoms with Gasteiger partial charge in [0.15, 0.2) is 4.80 Å². The number of ether oxygens (including phenoxy) is 4. The highest BCUT2D eigenvalue weighted by atomic mass is 32.1. The van der Waals surface area contributed by atoms with E-state index in [9.17, 15) is 14.4 Å². The zero-order valence-electron chi connectivity index (χ0n) is 25.6. The maximum absolute atomic E-state index is 14.2. The molecule has 0 aliphatic carbocycles. The van der Waals surface area contributed by atoms with Gasteiger partial charge in [0.25, 0.3) is 5.56 Å². The number of aromatic nitrogens is 2. The van der Waals surface area contributed by atoms with Gasteiger partial charge in [-0.15, -0.1) is 0 Å². The summed E-state index contributed by atoms with van der Waals surface area (Å²) in [5, 5.41) is 0. The number of fused-ring (bicyclic) bond motifs is 1. The minimum atomic E-state index is -0.849. The van der Waals surface area contributed by atoms with Crippen LogP contribution in [0.3, 0.4) is 0 Å². The summed E-state index contributed by atoms with van der Waals surface area (Å²) in [6.45, 7) is 7.58. The van der Waals surface area contributed by atoms with Gasteiger partial charge < -0.3 is 23.5 Å². The SMILES string of the molecule is CCOC(=O)C1=C(C)N=c2s/c(=C/c3cc(C)n(-c4ccc(C(=O)OC)cc4)c3C)c(=O)n2[C@@H]1c1cc(OC)ccc1OC. The summed E-state index contributed by atoms with van der Waals surface area (Å²) >= 11 is 1.25. The number of methoxy groups -OCH3 is 3. The first-order valence-electron chi connectivity index (χ1n) is 13.9. The van der Waals surface area contributed by atoms with E-state index in [1.807, 2.05) is 38.1 Å². The van der Waals surface area contributed by atoms with Gasteiger partial charge in [0, 0.05) is 22.6 Å². The van der Waals surface area contributed by atoms with Crippen LogP contribution in [-0.2, 0) is 14.3 Å². The molecule has 0 saturated carbocycles. The summed E-state index contributed by atoms with van der Waals surface area (Å²) in [5.74, 6) is 0.0796. The molecular formula is C33H33N3O7S. The van der Waals surface area contributed by atoms with Gasteiger partial charge in [0.05, 0.1) is 49.3 Å². The van der Waals surface area contributed by atoms with Crippen molar-refractivity contribution in [3.05, 3.63) is 108 Å². The zero-order valence-corrected chi connectivity index (χ0v) is 26.4. The number of rotatable bonds is 8. The third-order valence-corrected chi connectivity index (χ3v) is 8.53. The molecule has 44 heavy (non-hydrogen) atoms. The van der Waals surface area contributed by atoms with Gasteiger partial charge in [-0.3, -0.25) is 9.36 Å². The maximum Gasteiger partial charge on any atom is 0.338 e. The van der Waals surface area contributed by atoms with E-state index in [0.29, 0.717) is 37.7 Å². The molecule has 1 aliphatic rings. The number of esters is 2. The first-order chi connectivity index (χ1) is 21.1. The summed E-state index contributed by atoms with van der Waals surface area (Å²) in [6, 6.07) is 13.5. The number of hydrogen-bond acceptors (Lipinski definition) is 9. The van der Waals surface area contributed by atoms with Crippen LogP contribution in [0.4, 0.5) is 0 Å². The second kappa shape index (κ2) is 12.4. The molecule has 1 aliphatic heterocycles. The van der Waals surface area contributed by atoms with Crippen molar-refractivity contribution in [2.24, 2.45) is 4.99 Å². The van der Waals surface area contributed by atoms with Gasteiger partial charge in [0.1, 0.15) is 17.5 Å². The van der Waals surface area contributed by atoms with Gasteiger partial charge in [-0.1, -0.05) is 11.3 Å². The van der Waals surface area contributed by atoms with E-state index >= 15 is 0 Å². The van der Waals surface area contributed by atoms with Crippen molar-refractivity contribution < 1.29 is 28.5 Å². The number of carbonyl (C=O) groups excluding carboxylic acids is 2. The quantitative estimate of drug-likeness (QED) is 0.276. The van der Waals surface area contributed by atoms with E-state index in [4.69, 9.17) is 18.9 Å². The zero-order chi connectivity index (χ0) is 31.7. The lowest BCUT2D eigenvalue weighted by Gasteiger charge is -2.26. The standard InChI is InChI=1S/C33H33N3O7S/c1-8-43-32(39)28-19(3)34-33-36(29(28)25-17-24(40-5)13-14-26(25)41-6)30(37)27(44-33)16-22-15-18(2)35(20(22)4)23-11-9-21(10-12-23)31(38)42-7/h9-17,29H,8H2,1-7H3/b27-16+/t29-/m1/s1. The van der Waals surface area contributed by atoms with Crippen LogP contribution in [0.5, 0.6) is 11.5 Å². The van der Waals surface area contributed by atoms with Crippen molar-refractivity contribution in [1.29, 1.82) is 0 Å². The summed E-state index contributed by atoms with van der Waals surface area (Å²) in [6.07, 6.45) is 1.84. The Balaban J connectivity index is 1.68. The number of aryl methyl sites for hydroxylation is 1. The van der Waals surface area contributed by atoms with Crippen LogP contribution in [0.15, 0.2) is 69.6 Å². The van der Waals surface area contributed by atoms with Gasteiger partial charge >= 0.3 is 11.9 Å². The number of allylic oxidation sites excluding steroid dienone is 1. The fourth-order valence-corrected chi connectivity index (χ4v) is 6.51. The van der Waals surface area contributed by atoms with E-state index in [-0.39, 0.29) is 17.7 Å². The lowest BCUT2D eigenvalue weighted by Crippen LogP contribution is -2.40. The Hall–Kier alpha value is -4.90. The Morgan fingerprint density at radius 3 is 2.34 bits per heavy atom. The monoisotopic (exact) mass is 615 g/mol. The van der Waals surface area contributed by atoms with Crippen LogP contribution in [0.2, 0.25) is 0 Å². The molecule has 0 saturated heterocycles. The summed E-state index contributed by atoms with van der Waals surface area (Å²) in [7, 11) is 4.43. The van der Waals surface area contributed by atoms with Gasteiger partial charge in [0.2, 0.25) is 0 Å². The molecule has 0 bridgehead atoms. The molecule has 2 aromatic carbocycles. The minimum Gasteiger partial charge on any atom is -0.497 e. The molecule has 2 aromatic heterocycles. The normalized spacial score (nSPS) is 14.6. The number of nitrogens with zero attached hydrogens (tertiary/aromatic N) is 3. The van der Waals surface area contributed by atoms with E-state index in [1.165, 1.54) is 30.1 Å². The molecule has 0 fully saturated rings. The Kier molecular flexibility index (Phi) is 8.59. The van der Waals surface area contributed by atoms with Crippen molar-refractivity contribution >= 4 is 29.4 Å². The van der Waals surface area contributed by atoms with Crippen LogP contribution in [0, 0.1) is 13.8 Å². The van der Waals surface area contributed by atoms with Crippen LogP contribution < -0.4 is 24.4 Å². The van der Waals surface area contributed by atoms with Gasteiger partial charge in [-0.2, -0.15) is 0 Å². The Labute approximate surface area is 258 Å². The Morgan fingerprint density at radius 2 is 1.70 bits per heavy atom. The van der Waals surface area contributed by atoms with Gasteiger partial charge in [-0.25, -0.2) is 14.6 Å². The maximum atomic E-state index is 14.2. The minimum absolute atomic E-state index is 0.170. The average molecular weight is 616 g/mol. The van der Waals surface area contributed by atoms with Crippen LogP contribution in [0.25, 0.3) is 11.8 Å². The van der Waals surface area contributed by atoms with Crippen LogP contribution in [0.1, 0.15) is 52.8 Å². The molecule has 0 unspecified atom stereocenters. The molecule has 3 heterocycles. The number of benzene rings is 2. The highest BCUT2D eigenvalue weighted by molar-refractivity contribution is 7.07. The third-order valence-electron chi connectivity index (χ3n) is 7.55. The summed E-state index contributed by atoms with van der Waals surface area (Å²) < 4.78 is 25.4. The number of carbonyl (C=O) groups is 2. The number of thiazole rings is 1. The fourth-order valence-electron chi connectivity index (χ4n) is 5.48. The molecule has 228 valence electrons. The highest BCUT2D eigenvalue weighted by Gasteiger charge is 2.35. The molecule has 11 heteroatoms. The summed E-state index contributed by atoms with van der Waals surface area (Å²) in [5.41, 5.74) is 5.02. The van der Waals surface area contributed by atoms with Crippen LogP contribution >= 0.6 is 11.3 Å². The van der Waals surface area contributed by atoms with E-state index in [1.54, 1.807) is 51.3 Å². The predicted octanol–water partition coefficient (Wildman–Crippen LogP) is 4.01. The second-order valence-electron chi connectivity index (χ2n) is 10.1. The third kappa shape index (κ3) is 5.35. The van der Waals surface area contributed by atoms with Crippen molar-refractivity contribution in [3.63, 3.8) is 0 Å². The predicted molar refractivity (Wildman–Crippen MR) is 167 cm³/mol. The van der Waals surface area contributed by atoms with Crippen molar-refractivity contribution in [3.8, 4) is 17.2 Å². The van der Waals surface area contributed by atoms with Crippen LogP contribution in [-0.4, -0.2) is 49.0 Å². The highest BCUT2D eigenvalue weighted by Crippen LogP contribution is 2.38. The lowest BCUT2D eigenvalue weighted by atomic mass is 9.94. The molecule has 5 rings (SSSR count). The smallest absolute Gasteiger partial charge is 0.338 e. The average Bonchev–Trinajstić information content (AvgIpc) is 3.48. The number of hydrogen-bond donors (Lipinski definition) is 0. The molecule has 4 aromatic rings. The van der Waals surface area contributed by atoms with E-state index in [2.05, 4.69) is 9.56 Å². The molecule has 0 spiro atoms. The topological polar surface area (TPSA) is 110 Å². The van der Waals surface area contributed by atoms with Crippen molar-refractivity contribution in [2.75, 3.05) is 27.9 Å². The molecule has 0 N–H and O–H groups in total. The molecular weight excluding hydrogens is 582 g/mol.